The number of imide groups is 1. The number of rotatable bonds is 7. The Bertz CT molecular complexity index is 1470. The van der Waals surface area contributed by atoms with Gasteiger partial charge in [-0.25, -0.2) is 4.79 Å². The van der Waals surface area contributed by atoms with Crippen LogP contribution in [0.25, 0.3) is 11.8 Å². The fourth-order valence-corrected chi connectivity index (χ4v) is 4.53. The minimum Gasteiger partial charge on any atom is -0.489 e. The number of hydrogen-bond acceptors (Lipinski definition) is 3. The van der Waals surface area contributed by atoms with Crippen molar-refractivity contribution in [2.75, 3.05) is 0 Å². The molecular formula is C30H26ClN3O3. The molecule has 0 saturated carbocycles. The molecule has 186 valence electrons. The van der Waals surface area contributed by atoms with Crippen LogP contribution in [0.1, 0.15) is 28.1 Å². The molecule has 3 aromatic carbocycles. The van der Waals surface area contributed by atoms with Gasteiger partial charge in [-0.15, -0.1) is 0 Å². The molecule has 1 aliphatic rings. The SMILES string of the molecule is Cc1cc(/C=C2/NC(=O)N(Cc3ccccc3)C2=O)c(C)n1-c1ccc(OCc2ccc(Cl)cc2)cc1. The Kier molecular flexibility index (Phi) is 6.84. The maximum absolute atomic E-state index is 13.0. The van der Waals surface area contributed by atoms with Crippen LogP contribution in [0.15, 0.2) is 90.6 Å². The summed E-state index contributed by atoms with van der Waals surface area (Å²) in [5.74, 6) is 0.433. The van der Waals surface area contributed by atoms with Crippen LogP contribution in [0.3, 0.4) is 0 Å². The van der Waals surface area contributed by atoms with Gasteiger partial charge in [0.1, 0.15) is 18.1 Å². The van der Waals surface area contributed by atoms with Crippen LogP contribution in [-0.4, -0.2) is 21.4 Å². The minimum absolute atomic E-state index is 0.230. The molecule has 0 radical (unpaired) electrons. The van der Waals surface area contributed by atoms with Gasteiger partial charge in [-0.3, -0.25) is 9.69 Å². The number of nitrogens with zero attached hydrogens (tertiary/aromatic N) is 2. The van der Waals surface area contributed by atoms with E-state index in [0.717, 1.165) is 39.5 Å². The highest BCUT2D eigenvalue weighted by molar-refractivity contribution is 6.30. The number of amides is 3. The molecule has 0 unspecified atom stereocenters. The third-order valence-electron chi connectivity index (χ3n) is 6.33. The Morgan fingerprint density at radius 1 is 0.892 bits per heavy atom. The normalized spacial score (nSPS) is 14.4. The lowest BCUT2D eigenvalue weighted by Gasteiger charge is -2.12. The van der Waals surface area contributed by atoms with Crippen LogP contribution >= 0.6 is 11.6 Å². The van der Waals surface area contributed by atoms with Gasteiger partial charge in [-0.2, -0.15) is 0 Å². The molecule has 0 spiro atoms. The molecule has 0 bridgehead atoms. The first-order chi connectivity index (χ1) is 17.9. The molecule has 0 aliphatic carbocycles. The van der Waals surface area contributed by atoms with E-state index in [1.165, 1.54) is 4.90 Å². The standard InChI is InChI=1S/C30H26ClN3O3/c1-20-16-24(17-28-29(35)33(30(36)32-28)18-22-6-4-3-5-7-22)21(2)34(20)26-12-14-27(15-13-26)37-19-23-8-10-25(31)11-9-23/h3-17H,18-19H2,1-2H3,(H,32,36)/b28-17+. The summed E-state index contributed by atoms with van der Waals surface area (Å²) < 4.78 is 8.02. The number of benzene rings is 3. The third-order valence-corrected chi connectivity index (χ3v) is 6.58. The Morgan fingerprint density at radius 3 is 2.30 bits per heavy atom. The minimum atomic E-state index is -0.414. The Morgan fingerprint density at radius 2 is 1.59 bits per heavy atom. The van der Waals surface area contributed by atoms with Gasteiger partial charge in [0, 0.05) is 22.1 Å². The summed E-state index contributed by atoms with van der Waals surface area (Å²) in [6, 6.07) is 26.5. The molecule has 6 nitrogen and oxygen atoms in total. The Balaban J connectivity index is 1.31. The monoisotopic (exact) mass is 511 g/mol. The second-order valence-electron chi connectivity index (χ2n) is 8.94. The van der Waals surface area contributed by atoms with Crippen molar-refractivity contribution in [3.8, 4) is 11.4 Å². The smallest absolute Gasteiger partial charge is 0.329 e. The van der Waals surface area contributed by atoms with Crippen molar-refractivity contribution in [1.29, 1.82) is 0 Å². The van der Waals surface area contributed by atoms with Gasteiger partial charge in [0.2, 0.25) is 0 Å². The molecule has 37 heavy (non-hydrogen) atoms. The van der Waals surface area contributed by atoms with Gasteiger partial charge in [0.15, 0.2) is 0 Å². The fourth-order valence-electron chi connectivity index (χ4n) is 4.41. The average molecular weight is 512 g/mol. The van der Waals surface area contributed by atoms with Crippen LogP contribution in [0.2, 0.25) is 5.02 Å². The quantitative estimate of drug-likeness (QED) is 0.230. The van der Waals surface area contributed by atoms with Crippen LogP contribution < -0.4 is 10.1 Å². The second kappa shape index (κ2) is 10.4. The van der Waals surface area contributed by atoms with Gasteiger partial charge in [-0.05, 0) is 79.1 Å². The van der Waals surface area contributed by atoms with E-state index in [4.69, 9.17) is 16.3 Å². The van der Waals surface area contributed by atoms with Crippen LogP contribution in [0.5, 0.6) is 5.75 Å². The number of hydrogen-bond donors (Lipinski definition) is 1. The summed E-state index contributed by atoms with van der Waals surface area (Å²) in [4.78, 5) is 26.7. The summed E-state index contributed by atoms with van der Waals surface area (Å²) in [5, 5.41) is 3.42. The van der Waals surface area contributed by atoms with Gasteiger partial charge < -0.3 is 14.6 Å². The molecule has 2 heterocycles. The van der Waals surface area contributed by atoms with Crippen LogP contribution in [0, 0.1) is 13.8 Å². The van der Waals surface area contributed by atoms with Gasteiger partial charge in [-0.1, -0.05) is 54.1 Å². The summed E-state index contributed by atoms with van der Waals surface area (Å²) in [5.41, 5.74) is 6.02. The first kappa shape index (κ1) is 24.4. The zero-order valence-corrected chi connectivity index (χ0v) is 21.3. The predicted octanol–water partition coefficient (Wildman–Crippen LogP) is 6.42. The molecule has 1 N–H and O–H groups in total. The Labute approximate surface area is 220 Å². The maximum atomic E-state index is 13.0. The molecule has 5 rings (SSSR count). The van der Waals surface area contributed by atoms with E-state index < -0.39 is 6.03 Å². The van der Waals surface area contributed by atoms with Crippen molar-refractivity contribution >= 4 is 29.6 Å². The predicted molar refractivity (Wildman–Crippen MR) is 145 cm³/mol. The molecular weight excluding hydrogens is 486 g/mol. The van der Waals surface area contributed by atoms with Gasteiger partial charge >= 0.3 is 6.03 Å². The summed E-state index contributed by atoms with van der Waals surface area (Å²) in [6.45, 7) is 4.69. The van der Waals surface area contributed by atoms with Gasteiger partial charge in [0.05, 0.1) is 6.54 Å². The largest absolute Gasteiger partial charge is 0.489 e. The lowest BCUT2D eigenvalue weighted by Crippen LogP contribution is -2.30. The molecule has 0 atom stereocenters. The van der Waals surface area contributed by atoms with Crippen molar-refractivity contribution in [3.63, 3.8) is 0 Å². The number of carbonyl (C=O) groups is 2. The van der Waals surface area contributed by atoms with Crippen LogP contribution in [-0.2, 0) is 17.9 Å². The number of ether oxygens (including phenoxy) is 1. The van der Waals surface area contributed by atoms with Crippen molar-refractivity contribution in [2.45, 2.75) is 27.0 Å². The number of carbonyl (C=O) groups excluding carboxylic acids is 2. The lowest BCUT2D eigenvalue weighted by atomic mass is 10.2. The number of halogens is 1. The first-order valence-electron chi connectivity index (χ1n) is 11.9. The molecule has 1 aromatic heterocycles. The highest BCUT2D eigenvalue weighted by Crippen LogP contribution is 2.26. The number of urea groups is 1. The van der Waals surface area contributed by atoms with E-state index in [9.17, 15) is 9.59 Å². The first-order valence-corrected chi connectivity index (χ1v) is 12.3. The zero-order chi connectivity index (χ0) is 25.9. The van der Waals surface area contributed by atoms with E-state index >= 15 is 0 Å². The van der Waals surface area contributed by atoms with E-state index in [-0.39, 0.29) is 18.1 Å². The molecule has 3 amide bonds. The molecule has 1 saturated heterocycles. The van der Waals surface area contributed by atoms with E-state index in [1.807, 2.05) is 98.8 Å². The highest BCUT2D eigenvalue weighted by atomic mass is 35.5. The van der Waals surface area contributed by atoms with Crippen molar-refractivity contribution < 1.29 is 14.3 Å². The summed E-state index contributed by atoms with van der Waals surface area (Å²) in [7, 11) is 0. The fraction of sp³-hybridized carbons (Fsp3) is 0.133. The second-order valence-corrected chi connectivity index (χ2v) is 9.37. The molecule has 1 aliphatic heterocycles. The van der Waals surface area contributed by atoms with Crippen LogP contribution in [0.4, 0.5) is 4.79 Å². The average Bonchev–Trinajstić information content (AvgIpc) is 3.33. The zero-order valence-electron chi connectivity index (χ0n) is 20.6. The maximum Gasteiger partial charge on any atom is 0.329 e. The lowest BCUT2D eigenvalue weighted by molar-refractivity contribution is -0.123. The molecule has 4 aromatic rings. The number of aromatic nitrogens is 1. The molecule has 1 fully saturated rings. The Hall–Kier alpha value is -4.29. The highest BCUT2D eigenvalue weighted by Gasteiger charge is 2.33. The summed E-state index contributed by atoms with van der Waals surface area (Å²) in [6.07, 6.45) is 1.74. The van der Waals surface area contributed by atoms with E-state index in [2.05, 4.69) is 9.88 Å². The topological polar surface area (TPSA) is 63.6 Å². The van der Waals surface area contributed by atoms with Gasteiger partial charge in [0.25, 0.3) is 5.91 Å². The number of nitrogens with one attached hydrogen (secondary N) is 1. The van der Waals surface area contributed by atoms with E-state index in [1.54, 1.807) is 6.08 Å². The third kappa shape index (κ3) is 5.29. The van der Waals surface area contributed by atoms with Crippen molar-refractivity contribution in [3.05, 3.63) is 124 Å². The van der Waals surface area contributed by atoms with Crippen molar-refractivity contribution in [1.82, 2.24) is 14.8 Å². The van der Waals surface area contributed by atoms with E-state index in [0.29, 0.717) is 11.6 Å². The molecule has 7 heteroatoms. The number of aryl methyl sites for hydroxylation is 1. The van der Waals surface area contributed by atoms with Crippen molar-refractivity contribution in [2.24, 2.45) is 0 Å². The summed E-state index contributed by atoms with van der Waals surface area (Å²) >= 11 is 5.94.